The maximum Gasteiger partial charge on any atom is 0.341 e. The second-order valence-electron chi connectivity index (χ2n) is 7.27. The zero-order chi connectivity index (χ0) is 24.0. The largest absolute Gasteiger partial charge is 0.486 e. The number of anilines is 1. The number of rotatable bonds is 10. The fourth-order valence-electron chi connectivity index (χ4n) is 3.34. The number of esters is 1. The van der Waals surface area contributed by atoms with E-state index in [9.17, 15) is 9.59 Å². The number of ether oxygens (including phenoxy) is 2. The van der Waals surface area contributed by atoms with Gasteiger partial charge in [-0.25, -0.2) is 4.79 Å². The lowest BCUT2D eigenvalue weighted by Gasteiger charge is -2.09. The van der Waals surface area contributed by atoms with Crippen LogP contribution in [0, 0.1) is 13.8 Å². The van der Waals surface area contributed by atoms with Gasteiger partial charge in [-0.1, -0.05) is 36.4 Å². The van der Waals surface area contributed by atoms with Gasteiger partial charge in [0.25, 0.3) is 0 Å². The molecule has 8 nitrogen and oxygen atoms in total. The third-order valence-corrected chi connectivity index (χ3v) is 7.07. The van der Waals surface area contributed by atoms with Crippen molar-refractivity contribution in [3.8, 4) is 5.75 Å². The Morgan fingerprint density at radius 2 is 1.88 bits per heavy atom. The molecule has 0 aliphatic rings. The summed E-state index contributed by atoms with van der Waals surface area (Å²) in [4.78, 5) is 25.9. The molecule has 0 bridgehead atoms. The molecule has 0 spiro atoms. The number of hydrogen-bond acceptors (Lipinski definition) is 8. The number of thiophene rings is 1. The standard InChI is InChI=1S/C23H28N4O4S2/c1-6-17-15(4)33-21(20(17)22(29)30-5)24-19(28)13-32-23-26-25-18(27(23)7-2)12-31-16-10-8-14(3)9-11-16/h8-11H,6-7,12-13H2,1-5H3,(H,24,28). The molecular weight excluding hydrogens is 460 g/mol. The first-order valence-corrected chi connectivity index (χ1v) is 12.4. The van der Waals surface area contributed by atoms with Crippen LogP contribution in [0.4, 0.5) is 5.00 Å². The molecule has 0 aliphatic heterocycles. The number of thioether (sulfide) groups is 1. The van der Waals surface area contributed by atoms with Crippen LogP contribution in [-0.4, -0.2) is 39.5 Å². The van der Waals surface area contributed by atoms with Crippen molar-refractivity contribution in [3.05, 3.63) is 51.7 Å². The average molecular weight is 489 g/mol. The van der Waals surface area contributed by atoms with Gasteiger partial charge in [0.05, 0.1) is 18.4 Å². The number of amides is 1. The number of carbonyl (C=O) groups excluding carboxylic acids is 2. The third-order valence-electron chi connectivity index (χ3n) is 5.04. The van der Waals surface area contributed by atoms with Crippen LogP contribution in [0.1, 0.15) is 46.0 Å². The summed E-state index contributed by atoms with van der Waals surface area (Å²) in [5.41, 5.74) is 2.50. The normalized spacial score (nSPS) is 10.8. The van der Waals surface area contributed by atoms with Crippen molar-refractivity contribution in [2.75, 3.05) is 18.2 Å². The van der Waals surface area contributed by atoms with Gasteiger partial charge in [-0.2, -0.15) is 0 Å². The van der Waals surface area contributed by atoms with Crippen LogP contribution in [-0.2, 0) is 29.1 Å². The molecule has 176 valence electrons. The summed E-state index contributed by atoms with van der Waals surface area (Å²) in [7, 11) is 1.34. The van der Waals surface area contributed by atoms with Gasteiger partial charge in [-0.05, 0) is 44.9 Å². The van der Waals surface area contributed by atoms with E-state index in [4.69, 9.17) is 9.47 Å². The van der Waals surface area contributed by atoms with Gasteiger partial charge in [-0.3, -0.25) is 4.79 Å². The number of nitrogens with one attached hydrogen (secondary N) is 1. The number of methoxy groups -OCH3 is 1. The average Bonchev–Trinajstić information content (AvgIpc) is 3.35. The molecule has 0 fully saturated rings. The van der Waals surface area contributed by atoms with Crippen LogP contribution in [0.3, 0.4) is 0 Å². The number of benzene rings is 1. The SMILES string of the molecule is CCc1c(C)sc(NC(=O)CSc2nnc(COc3ccc(C)cc3)n2CC)c1C(=O)OC. The van der Waals surface area contributed by atoms with Crippen molar-refractivity contribution in [2.24, 2.45) is 0 Å². The molecule has 0 saturated heterocycles. The van der Waals surface area contributed by atoms with Gasteiger partial charge in [0.1, 0.15) is 17.4 Å². The number of hydrogen-bond donors (Lipinski definition) is 1. The minimum atomic E-state index is -0.442. The van der Waals surface area contributed by atoms with E-state index in [0.717, 1.165) is 16.2 Å². The van der Waals surface area contributed by atoms with Gasteiger partial charge in [0.2, 0.25) is 5.91 Å². The molecule has 10 heteroatoms. The quantitative estimate of drug-likeness (QED) is 0.328. The third kappa shape index (κ3) is 5.94. The molecule has 2 aromatic heterocycles. The Morgan fingerprint density at radius 1 is 1.15 bits per heavy atom. The van der Waals surface area contributed by atoms with E-state index in [2.05, 4.69) is 15.5 Å². The molecular formula is C23H28N4O4S2. The van der Waals surface area contributed by atoms with Crippen LogP contribution in [0.5, 0.6) is 5.75 Å². The summed E-state index contributed by atoms with van der Waals surface area (Å²) >= 11 is 2.68. The van der Waals surface area contributed by atoms with Crippen molar-refractivity contribution >= 4 is 40.0 Å². The summed E-state index contributed by atoms with van der Waals surface area (Å²) in [5.74, 6) is 0.922. The van der Waals surface area contributed by atoms with E-state index >= 15 is 0 Å². The lowest BCUT2D eigenvalue weighted by molar-refractivity contribution is -0.113. The van der Waals surface area contributed by atoms with E-state index in [1.54, 1.807) is 0 Å². The van der Waals surface area contributed by atoms with Gasteiger partial charge in [0.15, 0.2) is 11.0 Å². The summed E-state index contributed by atoms with van der Waals surface area (Å²) in [6, 6.07) is 7.81. The maximum atomic E-state index is 12.6. The first-order valence-electron chi connectivity index (χ1n) is 10.6. The molecule has 3 rings (SSSR count). The summed E-state index contributed by atoms with van der Waals surface area (Å²) in [6.07, 6.45) is 0.685. The predicted molar refractivity (Wildman–Crippen MR) is 130 cm³/mol. The molecule has 33 heavy (non-hydrogen) atoms. The van der Waals surface area contributed by atoms with Gasteiger partial charge in [0, 0.05) is 11.4 Å². The van der Waals surface area contributed by atoms with E-state index in [0.29, 0.717) is 34.5 Å². The highest BCUT2D eigenvalue weighted by Crippen LogP contribution is 2.34. The Balaban J connectivity index is 1.64. The Kier molecular flexibility index (Phi) is 8.51. The highest BCUT2D eigenvalue weighted by atomic mass is 32.2. The topological polar surface area (TPSA) is 95.3 Å². The van der Waals surface area contributed by atoms with Crippen molar-refractivity contribution in [3.63, 3.8) is 0 Å². The van der Waals surface area contributed by atoms with Crippen LogP contribution < -0.4 is 10.1 Å². The molecule has 0 atom stereocenters. The first-order chi connectivity index (χ1) is 15.9. The number of carbonyl (C=O) groups is 2. The summed E-state index contributed by atoms with van der Waals surface area (Å²) < 4.78 is 12.7. The Labute approximate surface area is 201 Å². The predicted octanol–water partition coefficient (Wildman–Crippen LogP) is 4.64. The van der Waals surface area contributed by atoms with E-state index in [1.807, 2.05) is 56.5 Å². The molecule has 1 aromatic carbocycles. The lowest BCUT2D eigenvalue weighted by atomic mass is 10.1. The van der Waals surface area contributed by atoms with Crippen LogP contribution in [0.25, 0.3) is 0 Å². The molecule has 3 aromatic rings. The van der Waals surface area contributed by atoms with Crippen LogP contribution in [0.15, 0.2) is 29.4 Å². The number of aromatic nitrogens is 3. The zero-order valence-electron chi connectivity index (χ0n) is 19.4. The molecule has 0 aliphatic carbocycles. The van der Waals surface area contributed by atoms with Crippen molar-refractivity contribution in [1.82, 2.24) is 14.8 Å². The van der Waals surface area contributed by atoms with E-state index < -0.39 is 5.97 Å². The van der Waals surface area contributed by atoms with Crippen molar-refractivity contribution in [2.45, 2.75) is 52.4 Å². The van der Waals surface area contributed by atoms with Gasteiger partial charge >= 0.3 is 5.97 Å². The molecule has 0 unspecified atom stereocenters. The van der Waals surface area contributed by atoms with Crippen molar-refractivity contribution in [1.29, 1.82) is 0 Å². The monoisotopic (exact) mass is 488 g/mol. The minimum absolute atomic E-state index is 0.135. The Bertz CT molecular complexity index is 1120. The minimum Gasteiger partial charge on any atom is -0.486 e. The Hall–Kier alpha value is -2.85. The number of nitrogens with zero attached hydrogens (tertiary/aromatic N) is 3. The summed E-state index contributed by atoms with van der Waals surface area (Å²) in [5, 5.41) is 12.5. The molecule has 0 saturated carbocycles. The second kappa shape index (κ2) is 11.3. The Morgan fingerprint density at radius 3 is 2.52 bits per heavy atom. The molecule has 2 heterocycles. The fourth-order valence-corrected chi connectivity index (χ4v) is 5.31. The summed E-state index contributed by atoms with van der Waals surface area (Å²) in [6.45, 7) is 8.86. The first kappa shape index (κ1) is 24.8. The smallest absolute Gasteiger partial charge is 0.341 e. The highest BCUT2D eigenvalue weighted by Gasteiger charge is 2.23. The molecule has 0 radical (unpaired) electrons. The maximum absolute atomic E-state index is 12.6. The second-order valence-corrected chi connectivity index (χ2v) is 9.43. The van der Waals surface area contributed by atoms with Gasteiger partial charge < -0.3 is 19.4 Å². The molecule has 1 N–H and O–H groups in total. The van der Waals surface area contributed by atoms with Gasteiger partial charge in [-0.15, -0.1) is 21.5 Å². The van der Waals surface area contributed by atoms with E-state index in [-0.39, 0.29) is 18.3 Å². The van der Waals surface area contributed by atoms with Crippen LogP contribution >= 0.6 is 23.1 Å². The fraction of sp³-hybridized carbons (Fsp3) is 0.391. The van der Waals surface area contributed by atoms with Crippen LogP contribution in [0.2, 0.25) is 0 Å². The zero-order valence-corrected chi connectivity index (χ0v) is 21.1. The van der Waals surface area contributed by atoms with Crippen molar-refractivity contribution < 1.29 is 19.1 Å². The molecule has 1 amide bonds. The lowest BCUT2D eigenvalue weighted by Crippen LogP contribution is -2.17. The number of aryl methyl sites for hydroxylation is 2. The highest BCUT2D eigenvalue weighted by molar-refractivity contribution is 7.99. The van der Waals surface area contributed by atoms with E-state index in [1.165, 1.54) is 35.8 Å².